The van der Waals surface area contributed by atoms with Gasteiger partial charge in [-0.25, -0.2) is 0 Å². The van der Waals surface area contributed by atoms with E-state index in [9.17, 15) is 4.79 Å². The van der Waals surface area contributed by atoms with Gasteiger partial charge in [0.05, 0.1) is 5.41 Å². The van der Waals surface area contributed by atoms with E-state index in [-0.39, 0.29) is 16.7 Å². The zero-order chi connectivity index (χ0) is 13.7. The predicted octanol–water partition coefficient (Wildman–Crippen LogP) is 4.13. The normalized spacial score (nSPS) is 45.7. The van der Waals surface area contributed by atoms with Crippen molar-refractivity contribution in [3.8, 4) is 12.3 Å². The van der Waals surface area contributed by atoms with Crippen LogP contribution >= 0.6 is 0 Å². The monoisotopic (exact) mass is 256 g/mol. The van der Waals surface area contributed by atoms with Gasteiger partial charge in [0.1, 0.15) is 5.78 Å². The minimum Gasteiger partial charge on any atom is -0.299 e. The van der Waals surface area contributed by atoms with E-state index < -0.39 is 0 Å². The lowest BCUT2D eigenvalue weighted by atomic mass is 9.47. The summed E-state index contributed by atoms with van der Waals surface area (Å²) in [6.45, 7) is 4.51. The van der Waals surface area contributed by atoms with Gasteiger partial charge in [-0.2, -0.15) is 0 Å². The third-order valence-electron chi connectivity index (χ3n) is 6.27. The molecule has 0 amide bonds. The largest absolute Gasteiger partial charge is 0.299 e. The topological polar surface area (TPSA) is 17.1 Å². The Morgan fingerprint density at radius 1 is 1.37 bits per heavy atom. The zero-order valence-electron chi connectivity index (χ0n) is 12.2. The van der Waals surface area contributed by atoms with E-state index >= 15 is 0 Å². The summed E-state index contributed by atoms with van der Waals surface area (Å²) >= 11 is 0. The van der Waals surface area contributed by atoms with E-state index in [1.54, 1.807) is 0 Å². The van der Waals surface area contributed by atoms with E-state index in [2.05, 4.69) is 25.8 Å². The highest BCUT2D eigenvalue weighted by Gasteiger charge is 2.55. The summed E-state index contributed by atoms with van der Waals surface area (Å²) in [4.78, 5) is 12.0. The van der Waals surface area contributed by atoms with Gasteiger partial charge >= 0.3 is 0 Å². The number of hydrogen-bond donors (Lipinski definition) is 0. The molecule has 0 aromatic carbocycles. The van der Waals surface area contributed by atoms with E-state index in [4.69, 9.17) is 6.42 Å². The Labute approximate surface area is 116 Å². The highest BCUT2D eigenvalue weighted by molar-refractivity contribution is 5.82. The second-order valence-corrected chi connectivity index (χ2v) is 7.05. The summed E-state index contributed by atoms with van der Waals surface area (Å²) in [7, 11) is 0. The summed E-state index contributed by atoms with van der Waals surface area (Å²) in [5.74, 6) is 4.35. The number of terminal acetylenes is 1. The lowest BCUT2D eigenvalue weighted by Crippen LogP contribution is -2.50. The van der Waals surface area contributed by atoms with E-state index in [0.717, 1.165) is 32.1 Å². The van der Waals surface area contributed by atoms with Gasteiger partial charge in [0.2, 0.25) is 0 Å². The number of allylic oxidation sites excluding steroid dienone is 2. The molecular weight excluding hydrogens is 232 g/mol. The number of fused-ring (bicyclic) bond motifs is 3. The number of carbonyl (C=O) groups is 1. The molecule has 3 rings (SSSR count). The van der Waals surface area contributed by atoms with Crippen molar-refractivity contribution in [1.82, 2.24) is 0 Å². The summed E-state index contributed by atoms with van der Waals surface area (Å²) in [5, 5.41) is 0. The van der Waals surface area contributed by atoms with E-state index in [0.29, 0.717) is 11.7 Å². The van der Waals surface area contributed by atoms with E-state index in [1.165, 1.54) is 18.4 Å². The van der Waals surface area contributed by atoms with Crippen molar-refractivity contribution < 1.29 is 4.79 Å². The van der Waals surface area contributed by atoms with Crippen molar-refractivity contribution in [2.24, 2.45) is 22.7 Å². The van der Waals surface area contributed by atoms with Crippen LogP contribution in [0, 0.1) is 35.0 Å². The molecule has 2 saturated carbocycles. The average Bonchev–Trinajstić information content (AvgIpc) is 2.43. The molecule has 3 aliphatic rings. The van der Waals surface area contributed by atoms with Gasteiger partial charge in [-0.3, -0.25) is 4.79 Å². The Hall–Kier alpha value is -1.03. The SMILES string of the molecule is C#CC12CCCC=C1C1(C)CCC(=O)C(C)C1CC2. The van der Waals surface area contributed by atoms with Crippen LogP contribution < -0.4 is 0 Å². The van der Waals surface area contributed by atoms with Gasteiger partial charge in [0, 0.05) is 12.3 Å². The standard InChI is InChI=1S/C18H24O/c1-4-18-10-6-5-7-16(18)17(3)11-9-15(19)13(2)14(17)8-12-18/h1,7,13-14H,5-6,8-12H2,2-3H3. The lowest BCUT2D eigenvalue weighted by Gasteiger charge is -2.56. The molecule has 0 aromatic rings. The second kappa shape index (κ2) is 4.23. The molecule has 0 bridgehead atoms. The van der Waals surface area contributed by atoms with Crippen LogP contribution in [-0.4, -0.2) is 5.78 Å². The number of ketones is 1. The van der Waals surface area contributed by atoms with Gasteiger partial charge in [-0.05, 0) is 55.4 Å². The molecule has 0 spiro atoms. The molecule has 102 valence electrons. The maximum Gasteiger partial charge on any atom is 0.136 e. The molecule has 4 atom stereocenters. The molecule has 1 heteroatoms. The fourth-order valence-electron chi connectivity index (χ4n) is 5.12. The maximum absolute atomic E-state index is 12.0. The lowest BCUT2D eigenvalue weighted by molar-refractivity contribution is -0.131. The molecule has 0 heterocycles. The average molecular weight is 256 g/mol. The number of Topliss-reactive ketones (excluding diaryl/α,β-unsaturated/α-hetero) is 1. The van der Waals surface area contributed by atoms with Gasteiger partial charge < -0.3 is 0 Å². The summed E-state index contributed by atoms with van der Waals surface area (Å²) in [6.07, 6.45) is 15.9. The van der Waals surface area contributed by atoms with Gasteiger partial charge in [0.15, 0.2) is 0 Å². The highest BCUT2D eigenvalue weighted by Crippen LogP contribution is 2.62. The third kappa shape index (κ3) is 1.65. The Kier molecular flexibility index (Phi) is 2.89. The fourth-order valence-corrected chi connectivity index (χ4v) is 5.12. The number of rotatable bonds is 0. The van der Waals surface area contributed by atoms with Gasteiger partial charge in [-0.15, -0.1) is 6.42 Å². The summed E-state index contributed by atoms with van der Waals surface area (Å²) in [5.41, 5.74) is 1.71. The molecule has 1 nitrogen and oxygen atoms in total. The first kappa shape index (κ1) is 13.0. The first-order chi connectivity index (χ1) is 9.03. The molecule has 2 fully saturated rings. The van der Waals surface area contributed by atoms with E-state index in [1.807, 2.05) is 0 Å². The Balaban J connectivity index is 2.06. The van der Waals surface area contributed by atoms with Crippen molar-refractivity contribution in [2.75, 3.05) is 0 Å². The maximum atomic E-state index is 12.0. The predicted molar refractivity (Wildman–Crippen MR) is 77.4 cm³/mol. The third-order valence-corrected chi connectivity index (χ3v) is 6.27. The van der Waals surface area contributed by atoms with Crippen molar-refractivity contribution in [3.05, 3.63) is 11.6 Å². The molecule has 4 unspecified atom stereocenters. The van der Waals surface area contributed by atoms with Crippen molar-refractivity contribution in [3.63, 3.8) is 0 Å². The molecule has 0 N–H and O–H groups in total. The molecule has 19 heavy (non-hydrogen) atoms. The minimum absolute atomic E-state index is 0.0175. The molecule has 0 aromatic heterocycles. The van der Waals surface area contributed by atoms with Crippen LogP contribution in [0.1, 0.15) is 58.8 Å². The highest BCUT2D eigenvalue weighted by atomic mass is 16.1. The summed E-state index contributed by atoms with van der Waals surface area (Å²) in [6, 6.07) is 0. The van der Waals surface area contributed by atoms with Crippen molar-refractivity contribution >= 4 is 5.78 Å². The summed E-state index contributed by atoms with van der Waals surface area (Å²) < 4.78 is 0. The van der Waals surface area contributed by atoms with Crippen LogP contribution in [0.4, 0.5) is 0 Å². The van der Waals surface area contributed by atoms with Crippen LogP contribution in [-0.2, 0) is 4.79 Å². The first-order valence-corrected chi connectivity index (χ1v) is 7.75. The quantitative estimate of drug-likeness (QED) is 0.470. The van der Waals surface area contributed by atoms with Crippen molar-refractivity contribution in [1.29, 1.82) is 0 Å². The van der Waals surface area contributed by atoms with Crippen LogP contribution in [0.5, 0.6) is 0 Å². The zero-order valence-corrected chi connectivity index (χ0v) is 12.2. The Bertz CT molecular complexity index is 480. The molecule has 0 radical (unpaired) electrons. The fraction of sp³-hybridized carbons (Fsp3) is 0.722. The van der Waals surface area contributed by atoms with Crippen LogP contribution in [0.2, 0.25) is 0 Å². The molecule has 0 saturated heterocycles. The first-order valence-electron chi connectivity index (χ1n) is 7.75. The van der Waals surface area contributed by atoms with Crippen LogP contribution in [0.15, 0.2) is 11.6 Å². The molecule has 0 aliphatic heterocycles. The molecular formula is C18H24O. The number of hydrogen-bond acceptors (Lipinski definition) is 1. The van der Waals surface area contributed by atoms with Gasteiger partial charge in [0.25, 0.3) is 0 Å². The Morgan fingerprint density at radius 2 is 2.16 bits per heavy atom. The second-order valence-electron chi connectivity index (χ2n) is 7.05. The van der Waals surface area contributed by atoms with Crippen LogP contribution in [0.3, 0.4) is 0 Å². The van der Waals surface area contributed by atoms with Crippen LogP contribution in [0.25, 0.3) is 0 Å². The smallest absolute Gasteiger partial charge is 0.136 e. The number of carbonyl (C=O) groups excluding carboxylic acids is 1. The van der Waals surface area contributed by atoms with Gasteiger partial charge in [-0.1, -0.05) is 25.8 Å². The Morgan fingerprint density at radius 3 is 2.89 bits per heavy atom. The minimum atomic E-state index is 0.0175. The molecule has 3 aliphatic carbocycles. The van der Waals surface area contributed by atoms with Crippen molar-refractivity contribution in [2.45, 2.75) is 58.8 Å².